The van der Waals surface area contributed by atoms with E-state index >= 15 is 0 Å². The monoisotopic (exact) mass is 287 g/mol. The van der Waals surface area contributed by atoms with Crippen molar-refractivity contribution in [1.82, 2.24) is 0 Å². The predicted octanol–water partition coefficient (Wildman–Crippen LogP) is 3.47. The molecule has 0 aromatic heterocycles. The lowest BCUT2D eigenvalue weighted by molar-refractivity contribution is 0.673. The summed E-state index contributed by atoms with van der Waals surface area (Å²) in [6, 6.07) is 7.79. The number of nitrogens with one attached hydrogen (secondary N) is 1. The molecule has 1 aliphatic rings. The van der Waals surface area contributed by atoms with Crippen molar-refractivity contribution in [2.24, 2.45) is 0 Å². The SMILES string of the molecule is O=S(Nc1ccc(Br)cc1)C1CCCC1. The van der Waals surface area contributed by atoms with E-state index in [1.807, 2.05) is 24.3 Å². The van der Waals surface area contributed by atoms with Gasteiger partial charge in [-0.05, 0) is 37.1 Å². The first-order valence-electron chi connectivity index (χ1n) is 5.18. The largest absolute Gasteiger partial charge is 0.305 e. The van der Waals surface area contributed by atoms with Gasteiger partial charge in [-0.2, -0.15) is 0 Å². The van der Waals surface area contributed by atoms with E-state index in [9.17, 15) is 4.21 Å². The van der Waals surface area contributed by atoms with Gasteiger partial charge in [0.05, 0.1) is 5.25 Å². The van der Waals surface area contributed by atoms with Crippen LogP contribution in [0.15, 0.2) is 28.7 Å². The third-order valence-corrected chi connectivity index (χ3v) is 4.71. The van der Waals surface area contributed by atoms with E-state index in [1.165, 1.54) is 12.8 Å². The highest BCUT2D eigenvalue weighted by Gasteiger charge is 2.21. The quantitative estimate of drug-likeness (QED) is 0.906. The minimum Gasteiger partial charge on any atom is -0.305 e. The van der Waals surface area contributed by atoms with E-state index in [4.69, 9.17) is 0 Å². The Morgan fingerprint density at radius 1 is 1.20 bits per heavy atom. The second kappa shape index (κ2) is 5.12. The van der Waals surface area contributed by atoms with Gasteiger partial charge in [0.15, 0.2) is 0 Å². The van der Waals surface area contributed by atoms with Crippen LogP contribution in [-0.2, 0) is 11.0 Å². The van der Waals surface area contributed by atoms with Crippen molar-refractivity contribution in [2.75, 3.05) is 4.72 Å². The summed E-state index contributed by atoms with van der Waals surface area (Å²) in [4.78, 5) is 0. The van der Waals surface area contributed by atoms with Crippen LogP contribution in [0, 0.1) is 0 Å². The zero-order valence-electron chi connectivity index (χ0n) is 8.41. The lowest BCUT2D eigenvalue weighted by atomic mass is 10.3. The Hall–Kier alpha value is -0.350. The maximum atomic E-state index is 11.9. The Morgan fingerprint density at radius 2 is 1.80 bits per heavy atom. The predicted molar refractivity (Wildman–Crippen MR) is 68.2 cm³/mol. The maximum absolute atomic E-state index is 11.9. The smallest absolute Gasteiger partial charge is 0.120 e. The summed E-state index contributed by atoms with van der Waals surface area (Å²) < 4.78 is 16.0. The van der Waals surface area contributed by atoms with E-state index < -0.39 is 11.0 Å². The molecule has 1 aromatic carbocycles. The molecule has 0 bridgehead atoms. The Bertz CT molecular complexity index is 346. The molecule has 2 nitrogen and oxygen atoms in total. The second-order valence-electron chi connectivity index (χ2n) is 3.81. The Labute approximate surface area is 101 Å². The normalized spacial score (nSPS) is 19.0. The first-order valence-corrected chi connectivity index (χ1v) is 7.19. The molecule has 1 aliphatic carbocycles. The zero-order chi connectivity index (χ0) is 10.7. The van der Waals surface area contributed by atoms with Crippen LogP contribution in [0.4, 0.5) is 5.69 Å². The van der Waals surface area contributed by atoms with Crippen LogP contribution in [0.5, 0.6) is 0 Å². The molecule has 4 heteroatoms. The minimum absolute atomic E-state index is 0.341. The van der Waals surface area contributed by atoms with Gasteiger partial charge in [0, 0.05) is 10.2 Å². The number of rotatable bonds is 3. The highest BCUT2D eigenvalue weighted by atomic mass is 79.9. The number of halogens is 1. The molecule has 1 fully saturated rings. The van der Waals surface area contributed by atoms with Gasteiger partial charge in [-0.15, -0.1) is 0 Å². The van der Waals surface area contributed by atoms with Crippen LogP contribution >= 0.6 is 15.9 Å². The van der Waals surface area contributed by atoms with Crippen molar-refractivity contribution < 1.29 is 4.21 Å². The molecule has 0 saturated heterocycles. The number of hydrogen-bond donors (Lipinski definition) is 1. The number of anilines is 1. The molecule has 1 saturated carbocycles. The van der Waals surface area contributed by atoms with Gasteiger partial charge in [-0.25, -0.2) is 4.21 Å². The van der Waals surface area contributed by atoms with Crippen molar-refractivity contribution in [2.45, 2.75) is 30.9 Å². The number of hydrogen-bond acceptors (Lipinski definition) is 1. The molecule has 1 N–H and O–H groups in total. The Kier molecular flexibility index (Phi) is 3.81. The topological polar surface area (TPSA) is 29.1 Å². The minimum atomic E-state index is -0.918. The van der Waals surface area contributed by atoms with Gasteiger partial charge in [0.1, 0.15) is 11.0 Å². The van der Waals surface area contributed by atoms with Gasteiger partial charge in [-0.1, -0.05) is 28.8 Å². The Balaban J connectivity index is 1.96. The summed E-state index contributed by atoms with van der Waals surface area (Å²) in [7, 11) is -0.918. The molecular formula is C11H14BrNOS. The fraction of sp³-hybridized carbons (Fsp3) is 0.455. The van der Waals surface area contributed by atoms with Crippen molar-refractivity contribution >= 4 is 32.6 Å². The fourth-order valence-electron chi connectivity index (χ4n) is 1.82. The second-order valence-corrected chi connectivity index (χ2v) is 6.19. The van der Waals surface area contributed by atoms with Crippen LogP contribution in [0.1, 0.15) is 25.7 Å². The molecule has 1 atom stereocenters. The van der Waals surface area contributed by atoms with E-state index in [0.717, 1.165) is 23.0 Å². The third-order valence-electron chi connectivity index (χ3n) is 2.67. The van der Waals surface area contributed by atoms with Crippen LogP contribution < -0.4 is 4.72 Å². The van der Waals surface area contributed by atoms with Crippen molar-refractivity contribution in [3.8, 4) is 0 Å². The Morgan fingerprint density at radius 3 is 2.40 bits per heavy atom. The first kappa shape index (κ1) is 11.1. The molecule has 0 aliphatic heterocycles. The van der Waals surface area contributed by atoms with Gasteiger partial charge in [0.25, 0.3) is 0 Å². The van der Waals surface area contributed by atoms with Crippen LogP contribution in [0.25, 0.3) is 0 Å². The molecule has 0 amide bonds. The summed E-state index contributed by atoms with van der Waals surface area (Å²) >= 11 is 3.37. The van der Waals surface area contributed by atoms with E-state index in [0.29, 0.717) is 5.25 Å². The van der Waals surface area contributed by atoms with E-state index in [2.05, 4.69) is 20.7 Å². The van der Waals surface area contributed by atoms with E-state index in [-0.39, 0.29) is 0 Å². The average molecular weight is 288 g/mol. The summed E-state index contributed by atoms with van der Waals surface area (Å²) in [5.74, 6) is 0. The van der Waals surface area contributed by atoms with Gasteiger partial charge < -0.3 is 4.72 Å². The molecule has 0 radical (unpaired) electrons. The summed E-state index contributed by atoms with van der Waals surface area (Å²) in [6.45, 7) is 0. The zero-order valence-corrected chi connectivity index (χ0v) is 10.8. The van der Waals surface area contributed by atoms with Crippen LogP contribution in [-0.4, -0.2) is 9.46 Å². The molecule has 0 heterocycles. The molecule has 82 valence electrons. The maximum Gasteiger partial charge on any atom is 0.120 e. The van der Waals surface area contributed by atoms with Gasteiger partial charge in [0.2, 0.25) is 0 Å². The molecule has 1 unspecified atom stereocenters. The summed E-state index contributed by atoms with van der Waals surface area (Å²) in [5, 5.41) is 0.341. The van der Waals surface area contributed by atoms with Crippen LogP contribution in [0.3, 0.4) is 0 Å². The molecule has 2 rings (SSSR count). The highest BCUT2D eigenvalue weighted by molar-refractivity contribution is 9.10. The van der Waals surface area contributed by atoms with Crippen molar-refractivity contribution in [3.05, 3.63) is 28.7 Å². The van der Waals surface area contributed by atoms with Crippen molar-refractivity contribution in [3.63, 3.8) is 0 Å². The summed E-state index contributed by atoms with van der Waals surface area (Å²) in [5.41, 5.74) is 0.934. The first-order chi connectivity index (χ1) is 7.25. The lowest BCUT2D eigenvalue weighted by Gasteiger charge is -2.11. The average Bonchev–Trinajstić information content (AvgIpc) is 2.74. The summed E-state index contributed by atoms with van der Waals surface area (Å²) in [6.07, 6.45) is 4.63. The number of benzene rings is 1. The standard InChI is InChI=1S/C11H14BrNOS/c12-9-5-7-10(8-6-9)13-15(14)11-3-1-2-4-11/h5-8,11,13H,1-4H2. The third kappa shape index (κ3) is 3.05. The molecule has 15 heavy (non-hydrogen) atoms. The van der Waals surface area contributed by atoms with Crippen LogP contribution in [0.2, 0.25) is 0 Å². The van der Waals surface area contributed by atoms with Crippen molar-refractivity contribution in [1.29, 1.82) is 0 Å². The highest BCUT2D eigenvalue weighted by Crippen LogP contribution is 2.24. The van der Waals surface area contributed by atoms with Gasteiger partial charge in [-0.3, -0.25) is 0 Å². The lowest BCUT2D eigenvalue weighted by Crippen LogP contribution is -2.17. The molecule has 1 aromatic rings. The van der Waals surface area contributed by atoms with E-state index in [1.54, 1.807) is 0 Å². The fourth-order valence-corrected chi connectivity index (χ4v) is 3.38. The molecule has 0 spiro atoms. The molecular weight excluding hydrogens is 274 g/mol. The van der Waals surface area contributed by atoms with Gasteiger partial charge >= 0.3 is 0 Å².